The number of H-pyrrole nitrogens is 1. The van der Waals surface area contributed by atoms with Crippen LogP contribution in [0.3, 0.4) is 0 Å². The van der Waals surface area contributed by atoms with Crippen molar-refractivity contribution in [3.05, 3.63) is 27.2 Å². The Morgan fingerprint density at radius 2 is 2.00 bits per heavy atom. The van der Waals surface area contributed by atoms with E-state index in [1.54, 1.807) is 19.2 Å². The number of carbonyl (C=O) groups is 1. The lowest BCUT2D eigenvalue weighted by Gasteiger charge is -2.13. The van der Waals surface area contributed by atoms with Crippen LogP contribution in [0.2, 0.25) is 15.1 Å². The highest BCUT2D eigenvalue weighted by molar-refractivity contribution is 6.49. The zero-order valence-electron chi connectivity index (χ0n) is 9.75. The first kappa shape index (κ1) is 14.0. The minimum absolute atomic E-state index is 0.224. The van der Waals surface area contributed by atoms with E-state index >= 15 is 0 Å². The van der Waals surface area contributed by atoms with Gasteiger partial charge in [0.1, 0.15) is 17.2 Å². The quantitative estimate of drug-likeness (QED) is 0.674. The first-order valence-electron chi connectivity index (χ1n) is 5.13. The molecule has 0 aliphatic carbocycles. The smallest absolute Gasteiger partial charge is 0.214 e. The summed E-state index contributed by atoms with van der Waals surface area (Å²) in [5.41, 5.74) is 7.14. The van der Waals surface area contributed by atoms with E-state index in [0.717, 1.165) is 0 Å². The van der Waals surface area contributed by atoms with Crippen LogP contribution >= 0.6 is 34.8 Å². The predicted molar refractivity (Wildman–Crippen MR) is 77.9 cm³/mol. The number of anilines is 2. The van der Waals surface area contributed by atoms with E-state index in [1.807, 2.05) is 0 Å². The zero-order chi connectivity index (χ0) is 14.2. The number of nitrogens with one attached hydrogen (secondary N) is 1. The van der Waals surface area contributed by atoms with Gasteiger partial charge in [0.25, 0.3) is 0 Å². The molecule has 2 rings (SSSR count). The van der Waals surface area contributed by atoms with Crippen molar-refractivity contribution in [2.24, 2.45) is 0 Å². The molecule has 0 bridgehead atoms. The van der Waals surface area contributed by atoms with E-state index in [9.17, 15) is 4.79 Å². The lowest BCUT2D eigenvalue weighted by atomic mass is 10.1. The number of nitrogens with zero attached hydrogens (tertiary/aromatic N) is 2. The fourth-order valence-corrected chi connectivity index (χ4v) is 2.28. The van der Waals surface area contributed by atoms with Crippen molar-refractivity contribution < 1.29 is 4.79 Å². The van der Waals surface area contributed by atoms with E-state index in [2.05, 4.69) is 10.2 Å². The number of aromatic nitrogens is 2. The van der Waals surface area contributed by atoms with Gasteiger partial charge in [-0.2, -0.15) is 5.10 Å². The molecule has 5 nitrogen and oxygen atoms in total. The molecule has 0 atom stereocenters. The highest BCUT2D eigenvalue weighted by Crippen LogP contribution is 2.41. The number of nitrogen functional groups attached to an aromatic ring is 1. The minimum atomic E-state index is 0.224. The van der Waals surface area contributed by atoms with Gasteiger partial charge in [-0.15, -0.1) is 0 Å². The van der Waals surface area contributed by atoms with Crippen LogP contribution in [0.1, 0.15) is 0 Å². The molecule has 0 saturated heterocycles. The second-order valence-corrected chi connectivity index (χ2v) is 4.94. The Kier molecular flexibility index (Phi) is 3.89. The summed E-state index contributed by atoms with van der Waals surface area (Å²) in [5.74, 6) is 0.256. The maximum absolute atomic E-state index is 10.9. The van der Waals surface area contributed by atoms with Crippen molar-refractivity contribution in [3.8, 4) is 11.3 Å². The third-order valence-corrected chi connectivity index (χ3v) is 3.86. The number of aromatic amines is 1. The van der Waals surface area contributed by atoms with E-state index in [0.29, 0.717) is 28.4 Å². The summed E-state index contributed by atoms with van der Waals surface area (Å²) in [5, 5.41) is 7.47. The molecule has 0 aliphatic heterocycles. The van der Waals surface area contributed by atoms with Crippen molar-refractivity contribution in [2.75, 3.05) is 17.7 Å². The fourth-order valence-electron chi connectivity index (χ4n) is 1.66. The van der Waals surface area contributed by atoms with Gasteiger partial charge in [-0.25, -0.2) is 0 Å². The van der Waals surface area contributed by atoms with Gasteiger partial charge in [0, 0.05) is 12.6 Å². The number of hydrogen-bond acceptors (Lipinski definition) is 3. The van der Waals surface area contributed by atoms with E-state index < -0.39 is 0 Å². The summed E-state index contributed by atoms with van der Waals surface area (Å²) >= 11 is 18.0. The van der Waals surface area contributed by atoms with Gasteiger partial charge < -0.3 is 10.6 Å². The number of amides is 1. The number of carbonyl (C=O) groups excluding carboxylic acids is 1. The minimum Gasteiger partial charge on any atom is -0.382 e. The van der Waals surface area contributed by atoms with Gasteiger partial charge in [0.05, 0.1) is 15.1 Å². The van der Waals surface area contributed by atoms with Crippen molar-refractivity contribution in [1.29, 1.82) is 0 Å². The number of benzene rings is 1. The third-order valence-electron chi connectivity index (χ3n) is 2.57. The normalized spacial score (nSPS) is 10.5. The Morgan fingerprint density at radius 1 is 1.32 bits per heavy atom. The van der Waals surface area contributed by atoms with Crippen LogP contribution in [0, 0.1) is 0 Å². The molecular weight excluding hydrogens is 311 g/mol. The second-order valence-electron chi connectivity index (χ2n) is 3.77. The summed E-state index contributed by atoms with van der Waals surface area (Å²) in [7, 11) is 1.56. The largest absolute Gasteiger partial charge is 0.382 e. The molecule has 0 unspecified atom stereocenters. The lowest BCUT2D eigenvalue weighted by Crippen LogP contribution is -2.15. The van der Waals surface area contributed by atoms with E-state index in [-0.39, 0.29) is 15.9 Å². The Labute approximate surface area is 124 Å². The Balaban J connectivity index is 2.67. The van der Waals surface area contributed by atoms with E-state index in [4.69, 9.17) is 40.5 Å². The third kappa shape index (κ3) is 2.36. The molecule has 1 aromatic heterocycles. The SMILES string of the molecule is CN(C=O)c1c(-c2ccc(Cl)c(Cl)c2Cl)n[nH]c1N. The molecule has 3 N–H and O–H groups in total. The Hall–Kier alpha value is -1.43. The number of halogens is 3. The van der Waals surface area contributed by atoms with Crippen molar-refractivity contribution >= 4 is 52.7 Å². The molecule has 0 radical (unpaired) electrons. The van der Waals surface area contributed by atoms with Gasteiger partial charge in [-0.1, -0.05) is 34.8 Å². The molecule has 0 fully saturated rings. The average Bonchev–Trinajstić information content (AvgIpc) is 2.77. The summed E-state index contributed by atoms with van der Waals surface area (Å²) in [6.45, 7) is 0. The van der Waals surface area contributed by atoms with Crippen molar-refractivity contribution in [1.82, 2.24) is 10.2 Å². The second kappa shape index (κ2) is 5.28. The molecule has 1 amide bonds. The fraction of sp³-hybridized carbons (Fsp3) is 0.0909. The molecule has 19 heavy (non-hydrogen) atoms. The highest BCUT2D eigenvalue weighted by Gasteiger charge is 2.20. The summed E-state index contributed by atoms with van der Waals surface area (Å²) in [4.78, 5) is 12.2. The molecule has 1 heterocycles. The molecule has 0 spiro atoms. The molecule has 1 aromatic carbocycles. The maximum atomic E-state index is 10.9. The predicted octanol–water partition coefficient (Wildman–Crippen LogP) is 3.21. The van der Waals surface area contributed by atoms with Crippen LogP contribution in [-0.4, -0.2) is 23.7 Å². The molecule has 100 valence electrons. The van der Waals surface area contributed by atoms with Crippen LogP contribution in [0.5, 0.6) is 0 Å². The van der Waals surface area contributed by atoms with Gasteiger partial charge in [0.15, 0.2) is 0 Å². The molecular formula is C11H9Cl3N4O. The monoisotopic (exact) mass is 318 g/mol. The zero-order valence-corrected chi connectivity index (χ0v) is 12.0. The van der Waals surface area contributed by atoms with Gasteiger partial charge >= 0.3 is 0 Å². The van der Waals surface area contributed by atoms with Crippen LogP contribution in [0.15, 0.2) is 12.1 Å². The molecule has 0 saturated carbocycles. The van der Waals surface area contributed by atoms with Crippen LogP contribution < -0.4 is 10.6 Å². The number of nitrogens with two attached hydrogens (primary N) is 1. The Morgan fingerprint density at radius 3 is 2.63 bits per heavy atom. The molecule has 0 aliphatic rings. The maximum Gasteiger partial charge on any atom is 0.214 e. The van der Waals surface area contributed by atoms with E-state index in [1.165, 1.54) is 4.90 Å². The standard InChI is InChI=1S/C11H9Cl3N4O/c1-18(4-19)10-9(16-17-11(10)15)5-2-3-6(12)8(14)7(5)13/h2-4H,1H3,(H3,15,16,17). The summed E-state index contributed by atoms with van der Waals surface area (Å²) < 4.78 is 0. The first-order chi connectivity index (χ1) is 8.97. The number of rotatable bonds is 3. The topological polar surface area (TPSA) is 75.0 Å². The van der Waals surface area contributed by atoms with Crippen molar-refractivity contribution in [2.45, 2.75) is 0 Å². The number of hydrogen-bond donors (Lipinski definition) is 2. The van der Waals surface area contributed by atoms with Gasteiger partial charge in [0.2, 0.25) is 6.41 Å². The Bertz CT molecular complexity index is 641. The van der Waals surface area contributed by atoms with Gasteiger partial charge in [-0.3, -0.25) is 9.89 Å². The highest BCUT2D eigenvalue weighted by atomic mass is 35.5. The summed E-state index contributed by atoms with van der Waals surface area (Å²) in [6.07, 6.45) is 0.621. The first-order valence-corrected chi connectivity index (χ1v) is 6.26. The molecule has 8 heteroatoms. The molecule has 2 aromatic rings. The van der Waals surface area contributed by atoms with Crippen molar-refractivity contribution in [3.63, 3.8) is 0 Å². The average molecular weight is 320 g/mol. The van der Waals surface area contributed by atoms with Crippen LogP contribution in [-0.2, 0) is 4.79 Å². The summed E-state index contributed by atoms with van der Waals surface area (Å²) in [6, 6.07) is 3.26. The van der Waals surface area contributed by atoms with Crippen LogP contribution in [0.4, 0.5) is 11.5 Å². The van der Waals surface area contributed by atoms with Gasteiger partial charge in [-0.05, 0) is 12.1 Å². The lowest BCUT2D eigenvalue weighted by molar-refractivity contribution is -0.107. The van der Waals surface area contributed by atoms with Crippen LogP contribution in [0.25, 0.3) is 11.3 Å².